The van der Waals surface area contributed by atoms with Crippen LogP contribution in [0.2, 0.25) is 0 Å². The molecule has 1 aliphatic heterocycles. The number of rotatable bonds is 6. The van der Waals surface area contributed by atoms with Gasteiger partial charge in [0.05, 0.1) is 12.6 Å². The highest BCUT2D eigenvalue weighted by atomic mass is 16.2. The van der Waals surface area contributed by atoms with E-state index in [-0.39, 0.29) is 25.7 Å². The van der Waals surface area contributed by atoms with Gasteiger partial charge in [-0.1, -0.05) is 7.43 Å². The van der Waals surface area contributed by atoms with Gasteiger partial charge in [0.1, 0.15) is 11.6 Å². The third kappa shape index (κ3) is 3.58. The number of nitrogens with zero attached hydrogens (tertiary/aromatic N) is 3. The van der Waals surface area contributed by atoms with Crippen LogP contribution in [0.15, 0.2) is 17.8 Å². The molecule has 0 unspecified atom stereocenters. The van der Waals surface area contributed by atoms with Gasteiger partial charge in [-0.3, -0.25) is 14.9 Å². The minimum absolute atomic E-state index is 0. The summed E-state index contributed by atoms with van der Waals surface area (Å²) in [4.78, 5) is 28.1. The molecule has 3 N–H and O–H groups in total. The van der Waals surface area contributed by atoms with Crippen LogP contribution in [0.25, 0.3) is 11.7 Å². The molecule has 8 heteroatoms. The first-order chi connectivity index (χ1) is 13.1. The summed E-state index contributed by atoms with van der Waals surface area (Å²) < 4.78 is 1.77. The molecule has 148 valence electrons. The SMILES string of the molecule is C.C[C@H](Nc1cc(NC2CC2)n2ncc(/C=C3\CC(=O)NC3=O)c2n1)C1CC1. The summed E-state index contributed by atoms with van der Waals surface area (Å²) in [5.41, 5.74) is 1.85. The number of nitrogens with one attached hydrogen (secondary N) is 3. The zero-order valence-corrected chi connectivity index (χ0v) is 15.2. The Hall–Kier alpha value is -2.90. The van der Waals surface area contributed by atoms with Gasteiger partial charge in [0.15, 0.2) is 5.65 Å². The lowest BCUT2D eigenvalue weighted by Crippen LogP contribution is -2.19. The molecule has 0 aromatic carbocycles. The topological polar surface area (TPSA) is 100 Å². The first-order valence-corrected chi connectivity index (χ1v) is 9.53. The lowest BCUT2D eigenvalue weighted by Gasteiger charge is -2.16. The zero-order chi connectivity index (χ0) is 18.5. The van der Waals surface area contributed by atoms with Gasteiger partial charge in [-0.15, -0.1) is 0 Å². The maximum Gasteiger partial charge on any atom is 0.254 e. The van der Waals surface area contributed by atoms with Crippen LogP contribution in [-0.2, 0) is 9.59 Å². The van der Waals surface area contributed by atoms with Gasteiger partial charge in [-0.2, -0.15) is 9.61 Å². The fraction of sp³-hybridized carbons (Fsp3) is 0.500. The fourth-order valence-electron chi connectivity index (χ4n) is 3.45. The molecule has 2 aliphatic carbocycles. The molecule has 8 nitrogen and oxygen atoms in total. The second-order valence-electron chi connectivity index (χ2n) is 7.77. The van der Waals surface area contributed by atoms with Crippen LogP contribution in [0.1, 0.15) is 52.0 Å². The first kappa shape index (κ1) is 18.5. The number of amides is 2. The summed E-state index contributed by atoms with van der Waals surface area (Å²) >= 11 is 0. The number of imide groups is 1. The Morgan fingerprint density at radius 3 is 2.71 bits per heavy atom. The predicted octanol–water partition coefficient (Wildman–Crippen LogP) is 2.58. The third-order valence-corrected chi connectivity index (χ3v) is 5.36. The number of aromatic nitrogens is 3. The first-order valence-electron chi connectivity index (χ1n) is 9.53. The van der Waals surface area contributed by atoms with E-state index in [1.165, 1.54) is 12.8 Å². The quantitative estimate of drug-likeness (QED) is 0.524. The number of carbonyl (C=O) groups excluding carboxylic acids is 2. The van der Waals surface area contributed by atoms with Crippen LogP contribution in [0.3, 0.4) is 0 Å². The van der Waals surface area contributed by atoms with E-state index in [9.17, 15) is 9.59 Å². The third-order valence-electron chi connectivity index (χ3n) is 5.36. The van der Waals surface area contributed by atoms with Crippen LogP contribution in [-0.4, -0.2) is 38.5 Å². The normalized spacial score (nSPS) is 21.5. The predicted molar refractivity (Wildman–Crippen MR) is 108 cm³/mol. The van der Waals surface area contributed by atoms with Crippen molar-refractivity contribution in [3.63, 3.8) is 0 Å². The lowest BCUT2D eigenvalue weighted by atomic mass is 10.1. The van der Waals surface area contributed by atoms with Gasteiger partial charge in [-0.05, 0) is 44.6 Å². The van der Waals surface area contributed by atoms with Crippen molar-refractivity contribution < 1.29 is 9.59 Å². The molecule has 2 aromatic rings. The average molecular weight is 382 g/mol. The Balaban J connectivity index is 0.00000192. The number of carbonyl (C=O) groups is 2. The fourth-order valence-corrected chi connectivity index (χ4v) is 3.45. The maximum absolute atomic E-state index is 11.9. The largest absolute Gasteiger partial charge is 0.367 e. The number of hydrogen-bond donors (Lipinski definition) is 3. The van der Waals surface area contributed by atoms with E-state index < -0.39 is 0 Å². The van der Waals surface area contributed by atoms with Gasteiger partial charge in [-0.25, -0.2) is 4.98 Å². The maximum atomic E-state index is 11.9. The van der Waals surface area contributed by atoms with Crippen molar-refractivity contribution in [3.8, 4) is 0 Å². The number of fused-ring (bicyclic) bond motifs is 1. The Kier molecular flexibility index (Phi) is 4.56. The van der Waals surface area contributed by atoms with Crippen LogP contribution in [0.5, 0.6) is 0 Å². The minimum atomic E-state index is -0.340. The molecule has 2 amide bonds. The number of anilines is 2. The van der Waals surface area contributed by atoms with Gasteiger partial charge < -0.3 is 10.6 Å². The smallest absolute Gasteiger partial charge is 0.254 e. The van der Waals surface area contributed by atoms with Crippen LogP contribution in [0.4, 0.5) is 11.6 Å². The summed E-state index contributed by atoms with van der Waals surface area (Å²) in [6.45, 7) is 2.19. The van der Waals surface area contributed by atoms with Crippen molar-refractivity contribution in [1.29, 1.82) is 0 Å². The molecule has 3 aliphatic rings. The summed E-state index contributed by atoms with van der Waals surface area (Å²) in [7, 11) is 0. The Bertz CT molecular complexity index is 970. The van der Waals surface area contributed by atoms with Crippen molar-refractivity contribution in [2.24, 2.45) is 5.92 Å². The molecule has 1 atom stereocenters. The second kappa shape index (κ2) is 6.92. The highest BCUT2D eigenvalue weighted by molar-refractivity contribution is 6.15. The van der Waals surface area contributed by atoms with E-state index in [2.05, 4.69) is 28.0 Å². The van der Waals surface area contributed by atoms with Gasteiger partial charge >= 0.3 is 0 Å². The highest BCUT2D eigenvalue weighted by Crippen LogP contribution is 2.34. The van der Waals surface area contributed by atoms with Gasteiger partial charge in [0, 0.05) is 29.3 Å². The van der Waals surface area contributed by atoms with Crippen molar-refractivity contribution in [2.75, 3.05) is 10.6 Å². The second-order valence-corrected chi connectivity index (χ2v) is 7.77. The molecule has 2 aromatic heterocycles. The van der Waals surface area contributed by atoms with Gasteiger partial charge in [0.2, 0.25) is 5.91 Å². The van der Waals surface area contributed by atoms with Gasteiger partial charge in [0.25, 0.3) is 5.91 Å². The molecule has 1 saturated heterocycles. The zero-order valence-electron chi connectivity index (χ0n) is 15.2. The Labute approximate surface area is 163 Å². The van der Waals surface area contributed by atoms with Crippen molar-refractivity contribution >= 4 is 35.2 Å². The van der Waals surface area contributed by atoms with Crippen LogP contribution in [0, 0.1) is 5.92 Å². The molecule has 28 heavy (non-hydrogen) atoms. The van der Waals surface area contributed by atoms with Crippen molar-refractivity contribution in [2.45, 2.75) is 58.5 Å². The van der Waals surface area contributed by atoms with Crippen molar-refractivity contribution in [1.82, 2.24) is 19.9 Å². The standard InChI is InChI=1S/C19H22N6O2.CH4/c1-10(11-2-3-11)21-15-8-16(22-14-4-5-14)25-18(23-15)13(9-20-25)6-12-7-17(26)24-19(12)27;/h6,8-11,14,22H,2-5,7H2,1H3,(H,21,23)(H,24,26,27);1H4/b12-6+;/t10-;/m0./s1. The molecular formula is C20H26N6O2. The average Bonchev–Trinajstić information content (AvgIpc) is 3.53. The number of hydrogen-bond acceptors (Lipinski definition) is 6. The highest BCUT2D eigenvalue weighted by Gasteiger charge is 2.29. The monoisotopic (exact) mass is 382 g/mol. The Morgan fingerprint density at radius 1 is 1.29 bits per heavy atom. The molecule has 0 bridgehead atoms. The minimum Gasteiger partial charge on any atom is -0.367 e. The Morgan fingerprint density at radius 2 is 2.07 bits per heavy atom. The van der Waals surface area contributed by atoms with Crippen LogP contribution < -0.4 is 16.0 Å². The van der Waals surface area contributed by atoms with E-state index in [1.807, 2.05) is 6.07 Å². The van der Waals surface area contributed by atoms with E-state index >= 15 is 0 Å². The van der Waals surface area contributed by atoms with Crippen LogP contribution >= 0.6 is 0 Å². The lowest BCUT2D eigenvalue weighted by molar-refractivity contribution is -0.124. The van der Waals surface area contributed by atoms with E-state index in [0.717, 1.165) is 30.0 Å². The molecule has 0 spiro atoms. The summed E-state index contributed by atoms with van der Waals surface area (Å²) in [6, 6.07) is 2.85. The molecule has 3 heterocycles. The molecule has 3 fully saturated rings. The van der Waals surface area contributed by atoms with E-state index in [0.29, 0.717) is 29.2 Å². The molecule has 2 saturated carbocycles. The summed E-state index contributed by atoms with van der Waals surface area (Å²) in [5, 5.41) is 13.8. The molecule has 0 radical (unpaired) electrons. The molecular weight excluding hydrogens is 356 g/mol. The van der Waals surface area contributed by atoms with E-state index in [1.54, 1.807) is 16.8 Å². The van der Waals surface area contributed by atoms with E-state index in [4.69, 9.17) is 4.98 Å². The summed E-state index contributed by atoms with van der Waals surface area (Å²) in [5.74, 6) is 1.80. The van der Waals surface area contributed by atoms with Crippen molar-refractivity contribution in [3.05, 3.63) is 23.4 Å². The molecule has 5 rings (SSSR count). The summed E-state index contributed by atoms with van der Waals surface area (Å²) in [6.07, 6.45) is 8.34.